The summed E-state index contributed by atoms with van der Waals surface area (Å²) in [6.45, 7) is 3.77. The Labute approximate surface area is 173 Å². The van der Waals surface area contributed by atoms with Crippen molar-refractivity contribution in [3.63, 3.8) is 0 Å². The number of carbonyl (C=O) groups is 3. The standard InChI is InChI=1S/C23H21NO6/c1-4-28-16-6-8-20-17(11-16)13(2)22(30-20)23(27)29-12-19(25)14-5-7-18-15(9-14)10-21(26)24(18)3/h5-9,11H,4,10,12H2,1-3H3. The molecule has 3 aromatic rings. The van der Waals surface area contributed by atoms with Crippen molar-refractivity contribution in [2.24, 2.45) is 0 Å². The van der Waals surface area contributed by atoms with E-state index in [2.05, 4.69) is 0 Å². The van der Waals surface area contributed by atoms with Crippen LogP contribution in [0.3, 0.4) is 0 Å². The molecule has 154 valence electrons. The molecule has 0 atom stereocenters. The number of Topliss-reactive ketones (excluding diaryl/α,β-unsaturated/α-hetero) is 1. The summed E-state index contributed by atoms with van der Waals surface area (Å²) in [5.41, 5.74) is 3.15. The summed E-state index contributed by atoms with van der Waals surface area (Å²) in [5, 5.41) is 0.756. The first-order valence-electron chi connectivity index (χ1n) is 9.64. The van der Waals surface area contributed by atoms with E-state index in [1.54, 1.807) is 49.2 Å². The lowest BCUT2D eigenvalue weighted by Crippen LogP contribution is -2.20. The first-order valence-corrected chi connectivity index (χ1v) is 9.64. The maximum atomic E-state index is 12.5. The molecule has 0 saturated carbocycles. The first kappa shape index (κ1) is 19.7. The van der Waals surface area contributed by atoms with E-state index in [0.29, 0.717) is 29.1 Å². The number of furan rings is 1. The summed E-state index contributed by atoms with van der Waals surface area (Å²) in [5.74, 6) is -0.321. The number of rotatable bonds is 6. The second kappa shape index (κ2) is 7.67. The van der Waals surface area contributed by atoms with E-state index in [1.165, 1.54) is 0 Å². The molecule has 0 bridgehead atoms. The van der Waals surface area contributed by atoms with Crippen LogP contribution in [-0.2, 0) is 16.0 Å². The van der Waals surface area contributed by atoms with Crippen molar-refractivity contribution in [3.05, 3.63) is 58.8 Å². The lowest BCUT2D eigenvalue weighted by Gasteiger charge is -2.10. The van der Waals surface area contributed by atoms with Crippen molar-refractivity contribution < 1.29 is 28.3 Å². The number of carbonyl (C=O) groups excluding carboxylic acids is 3. The summed E-state index contributed by atoms with van der Waals surface area (Å²) in [7, 11) is 1.70. The lowest BCUT2D eigenvalue weighted by atomic mass is 10.1. The Morgan fingerprint density at radius 3 is 2.73 bits per heavy atom. The largest absolute Gasteiger partial charge is 0.494 e. The Morgan fingerprint density at radius 2 is 1.97 bits per heavy atom. The smallest absolute Gasteiger partial charge is 0.375 e. The summed E-state index contributed by atoms with van der Waals surface area (Å²) in [6, 6.07) is 10.3. The van der Waals surface area contributed by atoms with Crippen LogP contribution in [0, 0.1) is 6.92 Å². The molecule has 0 aliphatic carbocycles. The van der Waals surface area contributed by atoms with E-state index in [0.717, 1.165) is 16.6 Å². The molecule has 0 radical (unpaired) electrons. The van der Waals surface area contributed by atoms with Gasteiger partial charge in [-0.1, -0.05) is 0 Å². The highest BCUT2D eigenvalue weighted by Gasteiger charge is 2.25. The van der Waals surface area contributed by atoms with Crippen LogP contribution >= 0.6 is 0 Å². The number of hydrogen-bond acceptors (Lipinski definition) is 6. The van der Waals surface area contributed by atoms with Crippen LogP contribution in [-0.4, -0.2) is 37.9 Å². The Kier molecular flexibility index (Phi) is 5.03. The van der Waals surface area contributed by atoms with E-state index in [-0.39, 0.29) is 23.9 Å². The van der Waals surface area contributed by atoms with E-state index in [4.69, 9.17) is 13.9 Å². The zero-order chi connectivity index (χ0) is 21.4. The van der Waals surface area contributed by atoms with Crippen molar-refractivity contribution in [2.45, 2.75) is 20.3 Å². The van der Waals surface area contributed by atoms with Gasteiger partial charge in [0.25, 0.3) is 0 Å². The molecule has 0 spiro atoms. The number of nitrogens with zero attached hydrogens (tertiary/aromatic N) is 1. The summed E-state index contributed by atoms with van der Waals surface area (Å²) in [6.07, 6.45) is 0.259. The minimum atomic E-state index is -0.703. The van der Waals surface area contributed by atoms with Crippen LogP contribution in [0.1, 0.15) is 39.0 Å². The third-order valence-electron chi connectivity index (χ3n) is 5.22. The SMILES string of the molecule is CCOc1ccc2oc(C(=O)OCC(=O)c3ccc4c(c3)CC(=O)N4C)c(C)c2c1. The van der Waals surface area contributed by atoms with E-state index >= 15 is 0 Å². The van der Waals surface area contributed by atoms with Gasteiger partial charge in [-0.3, -0.25) is 9.59 Å². The summed E-state index contributed by atoms with van der Waals surface area (Å²) in [4.78, 5) is 38.4. The molecule has 4 rings (SSSR count). The number of likely N-dealkylation sites (N-methyl/N-ethyl adjacent to an activating group) is 1. The van der Waals surface area contributed by atoms with Crippen molar-refractivity contribution >= 4 is 34.3 Å². The Hall–Kier alpha value is -3.61. The molecule has 0 fully saturated rings. The van der Waals surface area contributed by atoms with Crippen molar-refractivity contribution in [3.8, 4) is 5.75 Å². The third kappa shape index (κ3) is 3.43. The summed E-state index contributed by atoms with van der Waals surface area (Å²) >= 11 is 0. The Morgan fingerprint density at radius 1 is 1.17 bits per heavy atom. The zero-order valence-corrected chi connectivity index (χ0v) is 17.0. The number of aryl methyl sites for hydroxylation is 1. The molecule has 0 N–H and O–H groups in total. The predicted molar refractivity (Wildman–Crippen MR) is 110 cm³/mol. The quantitative estimate of drug-likeness (QED) is 0.458. The number of fused-ring (bicyclic) bond motifs is 2. The molecule has 30 heavy (non-hydrogen) atoms. The second-order valence-corrected chi connectivity index (χ2v) is 7.12. The highest BCUT2D eigenvalue weighted by Crippen LogP contribution is 2.30. The van der Waals surface area contributed by atoms with Crippen LogP contribution in [0.25, 0.3) is 11.0 Å². The van der Waals surface area contributed by atoms with Gasteiger partial charge in [0.15, 0.2) is 12.4 Å². The van der Waals surface area contributed by atoms with Gasteiger partial charge in [-0.25, -0.2) is 4.79 Å². The molecule has 2 aromatic carbocycles. The molecule has 7 heteroatoms. The van der Waals surface area contributed by atoms with Gasteiger partial charge in [-0.15, -0.1) is 0 Å². The van der Waals surface area contributed by atoms with Gasteiger partial charge in [0, 0.05) is 29.2 Å². The first-order chi connectivity index (χ1) is 14.4. The number of anilines is 1. The van der Waals surface area contributed by atoms with E-state index in [1.807, 2.05) is 13.0 Å². The predicted octanol–water partition coefficient (Wildman–Crippen LogP) is 3.70. The van der Waals surface area contributed by atoms with Gasteiger partial charge < -0.3 is 18.8 Å². The molecular formula is C23H21NO6. The number of ketones is 1. The number of ether oxygens (including phenoxy) is 2. The number of benzene rings is 2. The minimum Gasteiger partial charge on any atom is -0.494 e. The van der Waals surface area contributed by atoms with Gasteiger partial charge >= 0.3 is 5.97 Å². The minimum absolute atomic E-state index is 0.0196. The highest BCUT2D eigenvalue weighted by atomic mass is 16.5. The molecule has 0 saturated heterocycles. The Balaban J connectivity index is 1.47. The average molecular weight is 407 g/mol. The number of amides is 1. The molecule has 2 heterocycles. The molecule has 1 aliphatic heterocycles. The molecular weight excluding hydrogens is 386 g/mol. The van der Waals surface area contributed by atoms with Crippen LogP contribution in [0.2, 0.25) is 0 Å². The van der Waals surface area contributed by atoms with E-state index < -0.39 is 12.6 Å². The second-order valence-electron chi connectivity index (χ2n) is 7.12. The van der Waals surface area contributed by atoms with Crippen LogP contribution in [0.15, 0.2) is 40.8 Å². The number of esters is 1. The number of hydrogen-bond donors (Lipinski definition) is 0. The fourth-order valence-corrected chi connectivity index (χ4v) is 3.57. The van der Waals surface area contributed by atoms with Crippen LogP contribution in [0.5, 0.6) is 5.75 Å². The molecule has 0 unspecified atom stereocenters. The highest BCUT2D eigenvalue weighted by molar-refractivity contribution is 6.04. The van der Waals surface area contributed by atoms with Gasteiger partial charge in [0.05, 0.1) is 13.0 Å². The van der Waals surface area contributed by atoms with Crippen molar-refractivity contribution in [2.75, 3.05) is 25.2 Å². The van der Waals surface area contributed by atoms with Gasteiger partial charge in [0.2, 0.25) is 11.7 Å². The topological polar surface area (TPSA) is 86.0 Å². The monoisotopic (exact) mass is 407 g/mol. The van der Waals surface area contributed by atoms with Crippen LogP contribution < -0.4 is 9.64 Å². The molecule has 7 nitrogen and oxygen atoms in total. The fourth-order valence-electron chi connectivity index (χ4n) is 3.57. The van der Waals surface area contributed by atoms with Gasteiger partial charge in [0.1, 0.15) is 11.3 Å². The maximum Gasteiger partial charge on any atom is 0.375 e. The Bertz CT molecular complexity index is 1180. The lowest BCUT2D eigenvalue weighted by molar-refractivity contribution is -0.117. The molecule has 1 amide bonds. The fraction of sp³-hybridized carbons (Fsp3) is 0.261. The van der Waals surface area contributed by atoms with Gasteiger partial charge in [-0.2, -0.15) is 0 Å². The van der Waals surface area contributed by atoms with Crippen molar-refractivity contribution in [1.29, 1.82) is 0 Å². The van der Waals surface area contributed by atoms with Crippen LogP contribution in [0.4, 0.5) is 5.69 Å². The zero-order valence-electron chi connectivity index (χ0n) is 17.0. The normalized spacial score (nSPS) is 12.9. The third-order valence-corrected chi connectivity index (χ3v) is 5.22. The van der Waals surface area contributed by atoms with Crippen molar-refractivity contribution in [1.82, 2.24) is 0 Å². The molecule has 1 aliphatic rings. The maximum absolute atomic E-state index is 12.5. The van der Waals surface area contributed by atoms with E-state index in [9.17, 15) is 14.4 Å². The summed E-state index contributed by atoms with van der Waals surface area (Å²) < 4.78 is 16.3. The average Bonchev–Trinajstić information content (AvgIpc) is 3.22. The van der Waals surface area contributed by atoms with Gasteiger partial charge in [-0.05, 0) is 55.8 Å². The molecule has 1 aromatic heterocycles.